The Kier molecular flexibility index (Phi) is 9.15. The predicted molar refractivity (Wildman–Crippen MR) is 99.5 cm³/mol. The van der Waals surface area contributed by atoms with Gasteiger partial charge in [0.25, 0.3) is 0 Å². The average molecular weight is 353 g/mol. The Morgan fingerprint density at radius 3 is 2.46 bits per heavy atom. The lowest BCUT2D eigenvalue weighted by atomic mass is 10.1. The Morgan fingerprint density at radius 1 is 1.25 bits per heavy atom. The van der Waals surface area contributed by atoms with Crippen molar-refractivity contribution in [3.8, 4) is 11.5 Å². The van der Waals surface area contributed by atoms with Gasteiger partial charge in [-0.2, -0.15) is 0 Å². The number of oxime groups is 1. The molecule has 1 aromatic carbocycles. The maximum absolute atomic E-state index is 12.1. The highest BCUT2D eigenvalue weighted by atomic mass is 32.2. The lowest BCUT2D eigenvalue weighted by molar-refractivity contribution is 0.212. The fourth-order valence-corrected chi connectivity index (χ4v) is 3.10. The summed E-state index contributed by atoms with van der Waals surface area (Å²) in [5, 5.41) is 3.87. The number of ether oxygens (including phenoxy) is 2. The Hall–Kier alpha value is -1.82. The van der Waals surface area contributed by atoms with Gasteiger partial charge in [-0.25, -0.2) is 0 Å². The van der Waals surface area contributed by atoms with Crippen LogP contribution in [0.25, 0.3) is 0 Å². The summed E-state index contributed by atoms with van der Waals surface area (Å²) < 4.78 is 23.6. The molecule has 0 radical (unpaired) electrons. The van der Waals surface area contributed by atoms with E-state index >= 15 is 0 Å². The molecule has 0 aliphatic heterocycles. The summed E-state index contributed by atoms with van der Waals surface area (Å²) in [6.07, 6.45) is 4.60. The molecular weight excluding hydrogens is 326 g/mol. The van der Waals surface area contributed by atoms with Crippen LogP contribution in [0.3, 0.4) is 0 Å². The Bertz CT molecular complexity index is 588. The second-order valence-electron chi connectivity index (χ2n) is 5.31. The second-order valence-corrected chi connectivity index (χ2v) is 6.71. The van der Waals surface area contributed by atoms with Crippen LogP contribution in [0.4, 0.5) is 0 Å². The minimum Gasteiger partial charge on any atom is -0.490 e. The molecule has 24 heavy (non-hydrogen) atoms. The highest BCUT2D eigenvalue weighted by molar-refractivity contribution is 7.85. The summed E-state index contributed by atoms with van der Waals surface area (Å²) in [5.74, 6) is 2.04. The van der Waals surface area contributed by atoms with Crippen molar-refractivity contribution in [3.63, 3.8) is 0 Å². The van der Waals surface area contributed by atoms with Crippen molar-refractivity contribution in [2.45, 2.75) is 34.1 Å². The quantitative estimate of drug-likeness (QED) is 0.365. The maximum atomic E-state index is 12.1. The molecule has 0 fully saturated rings. The van der Waals surface area contributed by atoms with Crippen molar-refractivity contribution >= 4 is 16.5 Å². The van der Waals surface area contributed by atoms with E-state index in [9.17, 15) is 4.21 Å². The third-order valence-corrected chi connectivity index (χ3v) is 4.34. The summed E-state index contributed by atoms with van der Waals surface area (Å²) in [6, 6.07) is 3.86. The predicted octanol–water partition coefficient (Wildman–Crippen LogP) is 3.76. The van der Waals surface area contributed by atoms with Crippen molar-refractivity contribution < 1.29 is 18.5 Å². The van der Waals surface area contributed by atoms with Gasteiger partial charge in [0.1, 0.15) is 25.2 Å². The monoisotopic (exact) mass is 353 g/mol. The topological polar surface area (TPSA) is 57.1 Å². The highest BCUT2D eigenvalue weighted by Gasteiger charge is 2.11. The van der Waals surface area contributed by atoms with Crippen molar-refractivity contribution in [3.05, 3.63) is 35.4 Å². The van der Waals surface area contributed by atoms with E-state index in [0.717, 1.165) is 28.3 Å². The molecule has 1 rings (SSSR count). The van der Waals surface area contributed by atoms with E-state index in [0.29, 0.717) is 18.8 Å². The Balaban J connectivity index is 2.68. The largest absolute Gasteiger partial charge is 0.490 e. The minimum atomic E-state index is -1.15. The van der Waals surface area contributed by atoms with E-state index in [4.69, 9.17) is 14.3 Å². The number of hydrogen-bond donors (Lipinski definition) is 0. The molecule has 0 amide bonds. The molecular formula is C18H27NO4S. The molecule has 0 bridgehead atoms. The van der Waals surface area contributed by atoms with Gasteiger partial charge in [-0.15, -0.1) is 0 Å². The smallest absolute Gasteiger partial charge is 0.163 e. The summed E-state index contributed by atoms with van der Waals surface area (Å²) in [4.78, 5) is 4.74. The van der Waals surface area contributed by atoms with Gasteiger partial charge in [0.15, 0.2) is 5.94 Å². The molecule has 0 heterocycles. The third-order valence-electron chi connectivity index (χ3n) is 3.31. The van der Waals surface area contributed by atoms with Crippen molar-refractivity contribution in [2.24, 2.45) is 5.16 Å². The zero-order chi connectivity index (χ0) is 17.9. The summed E-state index contributed by atoms with van der Waals surface area (Å²) in [7, 11) is 0.334. The van der Waals surface area contributed by atoms with Gasteiger partial charge in [0, 0.05) is 0 Å². The van der Waals surface area contributed by atoms with Gasteiger partial charge in [-0.05, 0) is 50.5 Å². The molecule has 5 nitrogen and oxygen atoms in total. The molecule has 0 N–H and O–H groups in total. The van der Waals surface area contributed by atoms with Gasteiger partial charge in [0.05, 0.1) is 22.3 Å². The first-order chi connectivity index (χ1) is 11.5. The molecule has 0 saturated heterocycles. The number of rotatable bonds is 10. The van der Waals surface area contributed by atoms with Crippen LogP contribution >= 0.6 is 0 Å². The molecule has 0 saturated carbocycles. The normalized spacial score (nSPS) is 13.1. The van der Waals surface area contributed by atoms with E-state index in [1.54, 1.807) is 0 Å². The fourth-order valence-electron chi connectivity index (χ4n) is 2.14. The van der Waals surface area contributed by atoms with Crippen molar-refractivity contribution in [2.75, 3.05) is 25.4 Å². The molecule has 134 valence electrons. The molecule has 0 aromatic heterocycles. The van der Waals surface area contributed by atoms with Gasteiger partial charge in [0.2, 0.25) is 0 Å². The average Bonchev–Trinajstić information content (AvgIpc) is 2.54. The fraction of sp³-hybridized carbons (Fsp3) is 0.500. The van der Waals surface area contributed by atoms with Crippen LogP contribution in [-0.2, 0) is 15.6 Å². The number of aryl methyl sites for hydroxylation is 2. The zero-order valence-corrected chi connectivity index (χ0v) is 15.9. The van der Waals surface area contributed by atoms with Crippen LogP contribution in [0.1, 0.15) is 31.4 Å². The zero-order valence-electron chi connectivity index (χ0n) is 15.1. The molecule has 0 aliphatic carbocycles. The number of nitrogens with zero attached hydrogens (tertiary/aromatic N) is 1. The van der Waals surface area contributed by atoms with E-state index < -0.39 is 10.8 Å². The molecule has 0 spiro atoms. The molecule has 1 atom stereocenters. The lowest BCUT2D eigenvalue weighted by Crippen LogP contribution is -2.16. The molecule has 1 aromatic rings. The highest BCUT2D eigenvalue weighted by Crippen LogP contribution is 2.28. The van der Waals surface area contributed by atoms with Crippen molar-refractivity contribution in [1.82, 2.24) is 0 Å². The number of hydrogen-bond acceptors (Lipinski definition) is 5. The van der Waals surface area contributed by atoms with Gasteiger partial charge in [-0.1, -0.05) is 24.2 Å². The van der Waals surface area contributed by atoms with Crippen molar-refractivity contribution in [1.29, 1.82) is 0 Å². The van der Waals surface area contributed by atoms with Crippen LogP contribution in [0.15, 0.2) is 29.4 Å². The first-order valence-corrected chi connectivity index (χ1v) is 9.42. The van der Waals surface area contributed by atoms with Crippen LogP contribution < -0.4 is 9.47 Å². The minimum absolute atomic E-state index is 0.128. The SMILES string of the molecule is C/C=C/COc1cc(C)c(OCS(=O)C/C(CC)=N/OC)c(C)c1. The summed E-state index contributed by atoms with van der Waals surface area (Å²) in [6.45, 7) is 8.36. The van der Waals surface area contributed by atoms with Gasteiger partial charge in [-0.3, -0.25) is 4.21 Å². The van der Waals surface area contributed by atoms with E-state index in [2.05, 4.69) is 5.16 Å². The molecule has 6 heteroatoms. The van der Waals surface area contributed by atoms with Crippen LogP contribution in [0, 0.1) is 13.8 Å². The third kappa shape index (κ3) is 6.74. The lowest BCUT2D eigenvalue weighted by Gasteiger charge is -2.14. The van der Waals surface area contributed by atoms with Gasteiger partial charge >= 0.3 is 0 Å². The van der Waals surface area contributed by atoms with E-state index in [-0.39, 0.29) is 5.94 Å². The standard InChI is InChI=1S/C18H27NO4S/c1-6-8-9-22-17-10-14(3)18(15(4)11-17)23-13-24(20)12-16(7-2)19-21-5/h6,8,10-11H,7,9,12-13H2,1-5H3/b8-6+,19-16+. The number of allylic oxidation sites excluding steroid dienone is 1. The summed E-state index contributed by atoms with van der Waals surface area (Å²) in [5.41, 5.74) is 2.69. The Labute approximate surface area is 147 Å². The molecule has 1 unspecified atom stereocenters. The second kappa shape index (κ2) is 10.9. The van der Waals surface area contributed by atoms with E-state index in [1.165, 1.54) is 7.11 Å². The first-order valence-electron chi connectivity index (χ1n) is 7.93. The first kappa shape index (κ1) is 20.2. The summed E-state index contributed by atoms with van der Waals surface area (Å²) >= 11 is 0. The van der Waals surface area contributed by atoms with Crippen LogP contribution in [0.5, 0.6) is 11.5 Å². The van der Waals surface area contributed by atoms with Gasteiger partial charge < -0.3 is 14.3 Å². The van der Waals surface area contributed by atoms with E-state index in [1.807, 2.05) is 52.0 Å². The van der Waals surface area contributed by atoms with Crippen LogP contribution in [0.2, 0.25) is 0 Å². The van der Waals surface area contributed by atoms with Crippen LogP contribution in [-0.4, -0.2) is 35.3 Å². The maximum Gasteiger partial charge on any atom is 0.163 e. The molecule has 0 aliphatic rings. The Morgan fingerprint density at radius 2 is 1.92 bits per heavy atom. The number of benzene rings is 1.